The Bertz CT molecular complexity index is 619. The fourth-order valence-corrected chi connectivity index (χ4v) is 2.19. The van der Waals surface area contributed by atoms with E-state index >= 15 is 0 Å². The van der Waals surface area contributed by atoms with E-state index in [9.17, 15) is 0 Å². The molecule has 19 heavy (non-hydrogen) atoms. The van der Waals surface area contributed by atoms with Gasteiger partial charge in [0.05, 0.1) is 5.02 Å². The molecule has 0 bridgehead atoms. The topological polar surface area (TPSA) is 72.0 Å². The molecule has 0 atom stereocenters. The van der Waals surface area contributed by atoms with Crippen LogP contribution >= 0.6 is 27.5 Å². The number of nitrogens with two attached hydrogens (primary N) is 1. The lowest BCUT2D eigenvalue weighted by Crippen LogP contribution is -2.13. The van der Waals surface area contributed by atoms with Crippen LogP contribution < -0.4 is 10.5 Å². The average molecular weight is 341 g/mol. The molecule has 0 aliphatic heterocycles. The molecule has 0 unspecified atom stereocenters. The summed E-state index contributed by atoms with van der Waals surface area (Å²) in [5.41, 5.74) is 6.69. The van der Waals surface area contributed by atoms with Crippen LogP contribution in [-0.4, -0.2) is 10.8 Å². The number of nitrogens with zero attached hydrogens (tertiary/aromatic N) is 1. The third-order valence-electron chi connectivity index (χ3n) is 2.39. The lowest BCUT2D eigenvalue weighted by Gasteiger charge is -2.09. The number of pyridine rings is 1. The van der Waals surface area contributed by atoms with Crippen molar-refractivity contribution in [2.45, 2.75) is 6.61 Å². The van der Waals surface area contributed by atoms with Crippen LogP contribution in [0.25, 0.3) is 0 Å². The average Bonchev–Trinajstić information content (AvgIpc) is 2.38. The largest absolute Gasteiger partial charge is 0.487 e. The van der Waals surface area contributed by atoms with Crippen LogP contribution in [0.5, 0.6) is 5.75 Å². The van der Waals surface area contributed by atoms with Crippen molar-refractivity contribution >= 4 is 33.4 Å². The fraction of sp³-hybridized carbons (Fsp3) is 0.0769. The number of nitrogens with one attached hydrogen (secondary N) is 1. The molecule has 0 aliphatic carbocycles. The van der Waals surface area contributed by atoms with Crippen molar-refractivity contribution < 1.29 is 4.74 Å². The number of rotatable bonds is 4. The Morgan fingerprint density at radius 1 is 1.37 bits per heavy atom. The Labute approximate surface area is 124 Å². The smallest absolute Gasteiger partial charge is 0.141 e. The second-order valence-corrected chi connectivity index (χ2v) is 5.15. The maximum absolute atomic E-state index is 7.33. The van der Waals surface area contributed by atoms with E-state index < -0.39 is 0 Å². The van der Waals surface area contributed by atoms with Crippen molar-refractivity contribution in [3.63, 3.8) is 0 Å². The summed E-state index contributed by atoms with van der Waals surface area (Å²) in [4.78, 5) is 3.99. The molecule has 0 amide bonds. The zero-order valence-corrected chi connectivity index (χ0v) is 12.2. The van der Waals surface area contributed by atoms with E-state index in [0.717, 1.165) is 10.0 Å². The Kier molecular flexibility index (Phi) is 4.39. The molecule has 2 aromatic rings. The predicted molar refractivity (Wildman–Crippen MR) is 78.7 cm³/mol. The molecule has 0 aliphatic rings. The Hall–Kier alpha value is -1.59. The summed E-state index contributed by atoms with van der Waals surface area (Å²) in [6, 6.07) is 8.94. The van der Waals surface area contributed by atoms with Gasteiger partial charge in [-0.3, -0.25) is 10.4 Å². The number of ether oxygens (including phenoxy) is 1. The number of aromatic nitrogens is 1. The van der Waals surface area contributed by atoms with E-state index in [1.165, 1.54) is 0 Å². The van der Waals surface area contributed by atoms with E-state index in [0.29, 0.717) is 23.1 Å². The summed E-state index contributed by atoms with van der Waals surface area (Å²) in [5.74, 6) is 0.537. The summed E-state index contributed by atoms with van der Waals surface area (Å²) >= 11 is 9.39. The van der Waals surface area contributed by atoms with Crippen molar-refractivity contribution in [3.8, 4) is 5.75 Å². The van der Waals surface area contributed by atoms with Crippen LogP contribution in [0.15, 0.2) is 41.0 Å². The quantitative estimate of drug-likeness (QED) is 0.662. The van der Waals surface area contributed by atoms with Gasteiger partial charge >= 0.3 is 0 Å². The van der Waals surface area contributed by atoms with Crippen molar-refractivity contribution in [1.82, 2.24) is 4.98 Å². The Morgan fingerprint density at radius 2 is 2.16 bits per heavy atom. The second kappa shape index (κ2) is 6.04. The summed E-state index contributed by atoms with van der Waals surface area (Å²) in [5, 5.41) is 7.87. The van der Waals surface area contributed by atoms with Crippen molar-refractivity contribution in [1.29, 1.82) is 5.41 Å². The third kappa shape index (κ3) is 3.68. The second-order valence-electron chi connectivity index (χ2n) is 3.83. The number of hydrogen-bond donors (Lipinski definition) is 2. The molecule has 3 N–H and O–H groups in total. The van der Waals surface area contributed by atoms with E-state index in [1.807, 2.05) is 6.07 Å². The molecule has 0 saturated carbocycles. The highest BCUT2D eigenvalue weighted by Gasteiger charge is 2.04. The highest BCUT2D eigenvalue weighted by Crippen LogP contribution is 2.28. The van der Waals surface area contributed by atoms with Gasteiger partial charge in [0, 0.05) is 10.7 Å². The summed E-state index contributed by atoms with van der Waals surface area (Å²) < 4.78 is 6.52. The molecule has 0 fully saturated rings. The van der Waals surface area contributed by atoms with E-state index in [-0.39, 0.29) is 5.84 Å². The summed E-state index contributed by atoms with van der Waals surface area (Å²) in [6.07, 6.45) is 1.60. The van der Waals surface area contributed by atoms with Gasteiger partial charge in [0.2, 0.25) is 0 Å². The fourth-order valence-electron chi connectivity index (χ4n) is 1.46. The first-order chi connectivity index (χ1) is 9.06. The molecular formula is C13H11BrClN3O. The van der Waals surface area contributed by atoms with E-state index in [4.69, 9.17) is 27.5 Å². The molecular weight excluding hydrogens is 330 g/mol. The lowest BCUT2D eigenvalue weighted by atomic mass is 10.2. The van der Waals surface area contributed by atoms with Gasteiger partial charge in [-0.15, -0.1) is 0 Å². The monoisotopic (exact) mass is 339 g/mol. The van der Waals surface area contributed by atoms with Gasteiger partial charge in [0.25, 0.3) is 0 Å². The van der Waals surface area contributed by atoms with Crippen molar-refractivity contribution in [2.75, 3.05) is 0 Å². The standard InChI is InChI=1S/C13H11BrClN3O/c14-9-1-2-12(10(15)6-9)19-7-8-3-4-18-11(5-8)13(16)17/h1-6H,7H2,(H3,16,17). The molecule has 1 aromatic carbocycles. The molecule has 98 valence electrons. The zero-order chi connectivity index (χ0) is 13.8. The van der Waals surface area contributed by atoms with Crippen molar-refractivity contribution in [3.05, 3.63) is 57.3 Å². The SMILES string of the molecule is N=C(N)c1cc(COc2ccc(Br)cc2Cl)ccn1. The Morgan fingerprint density at radius 3 is 2.84 bits per heavy atom. The maximum Gasteiger partial charge on any atom is 0.141 e. The van der Waals surface area contributed by atoms with Gasteiger partial charge in [-0.25, -0.2) is 0 Å². The first kappa shape index (κ1) is 13.8. The highest BCUT2D eigenvalue weighted by atomic mass is 79.9. The van der Waals surface area contributed by atoms with Gasteiger partial charge < -0.3 is 10.5 Å². The minimum atomic E-state index is -0.0662. The first-order valence-electron chi connectivity index (χ1n) is 5.43. The third-order valence-corrected chi connectivity index (χ3v) is 3.18. The number of benzene rings is 1. The van der Waals surface area contributed by atoms with Gasteiger partial charge in [-0.1, -0.05) is 27.5 Å². The maximum atomic E-state index is 7.33. The lowest BCUT2D eigenvalue weighted by molar-refractivity contribution is 0.306. The summed E-state index contributed by atoms with van der Waals surface area (Å²) in [7, 11) is 0. The molecule has 2 rings (SSSR count). The number of hydrogen-bond acceptors (Lipinski definition) is 3. The molecule has 0 radical (unpaired) electrons. The first-order valence-corrected chi connectivity index (χ1v) is 6.60. The Balaban J connectivity index is 2.10. The van der Waals surface area contributed by atoms with Gasteiger partial charge in [0.1, 0.15) is 23.9 Å². The minimum absolute atomic E-state index is 0.0662. The number of nitrogen functional groups attached to an aromatic ring is 1. The molecule has 1 aromatic heterocycles. The van der Waals surface area contributed by atoms with Gasteiger partial charge in [0.15, 0.2) is 0 Å². The van der Waals surface area contributed by atoms with Gasteiger partial charge in [-0.2, -0.15) is 0 Å². The van der Waals surface area contributed by atoms with E-state index in [1.54, 1.807) is 30.5 Å². The minimum Gasteiger partial charge on any atom is -0.487 e. The molecule has 4 nitrogen and oxygen atoms in total. The van der Waals surface area contributed by atoms with Gasteiger partial charge in [-0.05, 0) is 35.9 Å². The van der Waals surface area contributed by atoms with Crippen LogP contribution in [-0.2, 0) is 6.61 Å². The molecule has 0 spiro atoms. The van der Waals surface area contributed by atoms with Crippen LogP contribution in [0.2, 0.25) is 5.02 Å². The highest BCUT2D eigenvalue weighted by molar-refractivity contribution is 9.10. The zero-order valence-electron chi connectivity index (χ0n) is 9.86. The van der Waals surface area contributed by atoms with Crippen LogP contribution in [0.3, 0.4) is 0 Å². The molecule has 6 heteroatoms. The number of halogens is 2. The van der Waals surface area contributed by atoms with Crippen LogP contribution in [0, 0.1) is 5.41 Å². The van der Waals surface area contributed by atoms with E-state index in [2.05, 4.69) is 20.9 Å². The number of amidine groups is 1. The van der Waals surface area contributed by atoms with Crippen LogP contribution in [0.1, 0.15) is 11.3 Å². The molecule has 1 heterocycles. The molecule has 0 saturated heterocycles. The van der Waals surface area contributed by atoms with Crippen molar-refractivity contribution in [2.24, 2.45) is 5.73 Å². The summed E-state index contributed by atoms with van der Waals surface area (Å²) in [6.45, 7) is 0.337. The van der Waals surface area contributed by atoms with Crippen LogP contribution in [0.4, 0.5) is 0 Å². The predicted octanol–water partition coefficient (Wildman–Crippen LogP) is 3.36. The normalized spacial score (nSPS) is 10.2.